The summed E-state index contributed by atoms with van der Waals surface area (Å²) in [4.78, 5) is 8.02. The van der Waals surface area contributed by atoms with Crippen LogP contribution in [0.25, 0.3) is 55.1 Å². The van der Waals surface area contributed by atoms with Gasteiger partial charge in [0.05, 0.1) is 16.6 Å². The van der Waals surface area contributed by atoms with Crippen molar-refractivity contribution >= 4 is 32.6 Å². The largest absolute Gasteiger partial charge is 0.507 e. The summed E-state index contributed by atoms with van der Waals surface area (Å²) in [5.74, 6) is 0.901. The van der Waals surface area contributed by atoms with E-state index in [2.05, 4.69) is 40.3 Å². The van der Waals surface area contributed by atoms with E-state index in [1.165, 1.54) is 0 Å². The SMILES string of the molecule is Oc1c(-c2nc3ccccc3[nH]2)cccc1-c1c2ccccc2cc2ccccc12. The molecule has 0 spiro atoms. The number of fused-ring (bicyclic) bond motifs is 3. The number of hydrogen-bond donors (Lipinski definition) is 2. The molecular weight excluding hydrogens is 368 g/mol. The fourth-order valence-corrected chi connectivity index (χ4v) is 4.32. The number of rotatable bonds is 2. The number of nitrogens with zero attached hydrogens (tertiary/aromatic N) is 1. The van der Waals surface area contributed by atoms with Crippen LogP contribution in [0.5, 0.6) is 5.75 Å². The second-order valence-electron chi connectivity index (χ2n) is 7.50. The summed E-state index contributed by atoms with van der Waals surface area (Å²) in [6, 6.07) is 32.6. The molecule has 0 aliphatic rings. The lowest BCUT2D eigenvalue weighted by atomic mass is 9.90. The number of benzene rings is 5. The number of aromatic amines is 1. The van der Waals surface area contributed by atoms with Crippen LogP contribution < -0.4 is 0 Å². The Balaban J connectivity index is 1.67. The van der Waals surface area contributed by atoms with Crippen molar-refractivity contribution in [1.29, 1.82) is 0 Å². The zero-order valence-electron chi connectivity index (χ0n) is 16.1. The molecule has 0 aliphatic heterocycles. The Kier molecular flexibility index (Phi) is 3.62. The lowest BCUT2D eigenvalue weighted by molar-refractivity contribution is 0.479. The Labute approximate surface area is 173 Å². The van der Waals surface area contributed by atoms with E-state index >= 15 is 0 Å². The van der Waals surface area contributed by atoms with Crippen LogP contribution in [-0.2, 0) is 0 Å². The second kappa shape index (κ2) is 6.46. The van der Waals surface area contributed by atoms with Gasteiger partial charge in [0.15, 0.2) is 0 Å². The van der Waals surface area contributed by atoms with Crippen LogP contribution in [0.3, 0.4) is 0 Å². The molecule has 0 saturated carbocycles. The van der Waals surface area contributed by atoms with E-state index in [-0.39, 0.29) is 5.75 Å². The van der Waals surface area contributed by atoms with Crippen molar-refractivity contribution in [2.24, 2.45) is 0 Å². The number of H-pyrrole nitrogens is 1. The molecule has 0 fully saturated rings. The molecule has 142 valence electrons. The number of para-hydroxylation sites is 3. The molecule has 6 rings (SSSR count). The molecule has 1 heterocycles. The minimum atomic E-state index is 0.234. The van der Waals surface area contributed by atoms with E-state index < -0.39 is 0 Å². The van der Waals surface area contributed by atoms with Gasteiger partial charge in [-0.25, -0.2) is 4.98 Å². The third-order valence-electron chi connectivity index (χ3n) is 5.72. The maximum Gasteiger partial charge on any atom is 0.142 e. The van der Waals surface area contributed by atoms with Gasteiger partial charge >= 0.3 is 0 Å². The molecule has 5 aromatic carbocycles. The number of aromatic nitrogens is 2. The maximum absolute atomic E-state index is 11.4. The van der Waals surface area contributed by atoms with Crippen molar-refractivity contribution in [3.63, 3.8) is 0 Å². The van der Waals surface area contributed by atoms with Crippen molar-refractivity contribution in [2.45, 2.75) is 0 Å². The minimum absolute atomic E-state index is 0.234. The Bertz CT molecular complexity index is 1480. The standard InChI is InChI=1S/C27H18N2O/c30-26-21(12-7-13-22(26)27-28-23-14-5-6-15-24(23)29-27)25-19-10-3-1-8-17(19)16-18-9-2-4-11-20(18)25/h1-16,30H,(H,28,29). The van der Waals surface area contributed by atoms with Gasteiger partial charge < -0.3 is 10.1 Å². The Morgan fingerprint density at radius 2 is 1.27 bits per heavy atom. The molecule has 0 unspecified atom stereocenters. The number of aromatic hydroxyl groups is 1. The summed E-state index contributed by atoms with van der Waals surface area (Å²) >= 11 is 0. The van der Waals surface area contributed by atoms with Gasteiger partial charge in [0.2, 0.25) is 0 Å². The maximum atomic E-state index is 11.4. The number of phenolic OH excluding ortho intramolecular Hbond substituents is 1. The molecule has 6 aromatic rings. The highest BCUT2D eigenvalue weighted by atomic mass is 16.3. The molecule has 0 atom stereocenters. The van der Waals surface area contributed by atoms with Crippen molar-refractivity contribution in [2.75, 3.05) is 0 Å². The lowest BCUT2D eigenvalue weighted by Gasteiger charge is -2.14. The molecule has 0 radical (unpaired) electrons. The molecule has 1 aromatic heterocycles. The van der Waals surface area contributed by atoms with Crippen molar-refractivity contribution in [1.82, 2.24) is 9.97 Å². The molecule has 3 nitrogen and oxygen atoms in total. The van der Waals surface area contributed by atoms with Crippen LogP contribution in [-0.4, -0.2) is 15.1 Å². The lowest BCUT2D eigenvalue weighted by Crippen LogP contribution is -1.89. The summed E-state index contributed by atoms with van der Waals surface area (Å²) in [6.45, 7) is 0. The summed E-state index contributed by atoms with van der Waals surface area (Å²) in [5, 5.41) is 15.9. The van der Waals surface area contributed by atoms with E-state index in [4.69, 9.17) is 0 Å². The second-order valence-corrected chi connectivity index (χ2v) is 7.50. The van der Waals surface area contributed by atoms with E-state index in [0.717, 1.165) is 43.7 Å². The van der Waals surface area contributed by atoms with Gasteiger partial charge in [-0.1, -0.05) is 72.8 Å². The van der Waals surface area contributed by atoms with Crippen molar-refractivity contribution in [3.8, 4) is 28.3 Å². The van der Waals surface area contributed by atoms with Gasteiger partial charge in [0.1, 0.15) is 11.6 Å². The van der Waals surface area contributed by atoms with E-state index in [9.17, 15) is 5.11 Å². The van der Waals surface area contributed by atoms with Gasteiger partial charge in [0.25, 0.3) is 0 Å². The Morgan fingerprint density at radius 3 is 2.00 bits per heavy atom. The van der Waals surface area contributed by atoms with Crippen molar-refractivity contribution < 1.29 is 5.11 Å². The van der Waals surface area contributed by atoms with Crippen LogP contribution in [0.15, 0.2) is 97.1 Å². The number of imidazole rings is 1. The molecule has 0 saturated heterocycles. The predicted molar refractivity (Wildman–Crippen MR) is 124 cm³/mol. The highest BCUT2D eigenvalue weighted by molar-refractivity contribution is 6.13. The highest BCUT2D eigenvalue weighted by Crippen LogP contribution is 2.43. The Hall–Kier alpha value is -4.11. The first-order valence-corrected chi connectivity index (χ1v) is 9.97. The summed E-state index contributed by atoms with van der Waals surface area (Å²) in [6.07, 6.45) is 0. The normalized spacial score (nSPS) is 11.5. The minimum Gasteiger partial charge on any atom is -0.507 e. The summed E-state index contributed by atoms with van der Waals surface area (Å²) in [7, 11) is 0. The zero-order valence-corrected chi connectivity index (χ0v) is 16.1. The first-order valence-electron chi connectivity index (χ1n) is 9.97. The zero-order chi connectivity index (χ0) is 20.1. The highest BCUT2D eigenvalue weighted by Gasteiger charge is 2.17. The molecule has 0 amide bonds. The average molecular weight is 386 g/mol. The first-order chi connectivity index (χ1) is 14.8. The summed E-state index contributed by atoms with van der Waals surface area (Å²) in [5.41, 5.74) is 4.38. The number of phenols is 1. The van der Waals surface area contributed by atoms with Crippen LogP contribution in [0.4, 0.5) is 0 Å². The molecule has 2 N–H and O–H groups in total. The molecule has 30 heavy (non-hydrogen) atoms. The topological polar surface area (TPSA) is 48.9 Å². The third kappa shape index (κ3) is 2.49. The van der Waals surface area contributed by atoms with Gasteiger partial charge in [-0.05, 0) is 45.8 Å². The monoisotopic (exact) mass is 386 g/mol. The van der Waals surface area contributed by atoms with E-state index in [1.54, 1.807) is 0 Å². The van der Waals surface area contributed by atoms with Crippen LogP contribution >= 0.6 is 0 Å². The molecule has 0 bridgehead atoms. The number of nitrogens with one attached hydrogen (secondary N) is 1. The van der Waals surface area contributed by atoms with Gasteiger partial charge in [-0.15, -0.1) is 0 Å². The van der Waals surface area contributed by atoms with Crippen molar-refractivity contribution in [3.05, 3.63) is 97.1 Å². The molecular formula is C27H18N2O. The predicted octanol–water partition coefficient (Wildman–Crippen LogP) is 6.91. The van der Waals surface area contributed by atoms with Gasteiger partial charge in [-0.2, -0.15) is 0 Å². The smallest absolute Gasteiger partial charge is 0.142 e. The summed E-state index contributed by atoms with van der Waals surface area (Å²) < 4.78 is 0. The fraction of sp³-hybridized carbons (Fsp3) is 0. The van der Waals surface area contributed by atoms with Crippen LogP contribution in [0.1, 0.15) is 0 Å². The van der Waals surface area contributed by atoms with E-state index in [1.807, 2.05) is 66.7 Å². The van der Waals surface area contributed by atoms with Crippen LogP contribution in [0, 0.1) is 0 Å². The van der Waals surface area contributed by atoms with Gasteiger partial charge in [0, 0.05) is 11.1 Å². The quantitative estimate of drug-likeness (QED) is 0.318. The fourth-order valence-electron chi connectivity index (χ4n) is 4.32. The first kappa shape index (κ1) is 16.8. The van der Waals surface area contributed by atoms with Gasteiger partial charge in [-0.3, -0.25) is 0 Å². The average Bonchev–Trinajstić information content (AvgIpc) is 3.22. The molecule has 3 heteroatoms. The number of hydrogen-bond acceptors (Lipinski definition) is 2. The van der Waals surface area contributed by atoms with E-state index in [0.29, 0.717) is 11.4 Å². The van der Waals surface area contributed by atoms with Crippen LogP contribution in [0.2, 0.25) is 0 Å². The molecule has 0 aliphatic carbocycles. The Morgan fingerprint density at radius 1 is 0.633 bits per heavy atom. The third-order valence-corrected chi connectivity index (χ3v) is 5.72.